The molecule has 72 valence electrons. The number of sulfonamides is 1. The number of nitrogens with zero attached hydrogens (tertiary/aromatic N) is 1. The van der Waals surface area contributed by atoms with E-state index < -0.39 is 10.0 Å². The Kier molecular flexibility index (Phi) is 3.13. The van der Waals surface area contributed by atoms with Gasteiger partial charge in [-0.2, -0.15) is 0 Å². The molecule has 3 nitrogen and oxygen atoms in total. The summed E-state index contributed by atoms with van der Waals surface area (Å²) in [4.78, 5) is 0. The Morgan fingerprint density at radius 3 is 2.42 bits per heavy atom. The second kappa shape index (κ2) is 3.60. The van der Waals surface area contributed by atoms with Crippen molar-refractivity contribution in [1.29, 1.82) is 0 Å². The van der Waals surface area contributed by atoms with Crippen molar-refractivity contribution in [2.75, 3.05) is 13.1 Å². The van der Waals surface area contributed by atoms with Crippen LogP contribution in [0.25, 0.3) is 0 Å². The lowest BCUT2D eigenvalue weighted by Gasteiger charge is -2.18. The van der Waals surface area contributed by atoms with Crippen molar-refractivity contribution in [2.45, 2.75) is 31.2 Å². The smallest absolute Gasteiger partial charge is 0.212 e. The van der Waals surface area contributed by atoms with E-state index in [0.717, 1.165) is 6.42 Å². The zero-order valence-corrected chi connectivity index (χ0v) is 9.50. The van der Waals surface area contributed by atoms with Crippen LogP contribution in [0.15, 0.2) is 0 Å². The zero-order chi connectivity index (χ0) is 9.35. The van der Waals surface area contributed by atoms with E-state index in [-0.39, 0.29) is 5.25 Å². The summed E-state index contributed by atoms with van der Waals surface area (Å²) in [6, 6.07) is 0. The van der Waals surface area contributed by atoms with E-state index in [0.29, 0.717) is 18.7 Å². The first-order valence-corrected chi connectivity index (χ1v) is 6.36. The van der Waals surface area contributed by atoms with Crippen LogP contribution < -0.4 is 0 Å². The van der Waals surface area contributed by atoms with Crippen LogP contribution in [0, 0.1) is 0 Å². The second-order valence-corrected chi connectivity index (χ2v) is 6.93. The molecule has 12 heavy (non-hydrogen) atoms. The average Bonchev–Trinajstić information content (AvgIpc) is 2.35. The predicted molar refractivity (Wildman–Crippen MR) is 53.7 cm³/mol. The van der Waals surface area contributed by atoms with Gasteiger partial charge in [0, 0.05) is 13.1 Å². The Morgan fingerprint density at radius 1 is 1.50 bits per heavy atom. The van der Waals surface area contributed by atoms with Gasteiger partial charge in [0.05, 0.1) is 5.25 Å². The Bertz CT molecular complexity index is 250. The minimum atomic E-state index is -2.99. The fourth-order valence-electron chi connectivity index (χ4n) is 1.28. The van der Waals surface area contributed by atoms with E-state index in [9.17, 15) is 8.42 Å². The van der Waals surface area contributed by atoms with Crippen LogP contribution in [0.1, 0.15) is 20.3 Å². The molecule has 1 saturated heterocycles. The summed E-state index contributed by atoms with van der Waals surface area (Å²) in [5.41, 5.74) is 0.443. The largest absolute Gasteiger partial charge is 0.216 e. The number of hydrogen-bond acceptors (Lipinski definition) is 2. The van der Waals surface area contributed by atoms with Gasteiger partial charge in [-0.1, -0.05) is 0 Å². The van der Waals surface area contributed by atoms with Crippen LogP contribution in [0.5, 0.6) is 0 Å². The molecule has 2 unspecified atom stereocenters. The predicted octanol–water partition coefficient (Wildman–Crippen LogP) is 0.674. The lowest BCUT2D eigenvalue weighted by atomic mass is 10.4. The van der Waals surface area contributed by atoms with Crippen LogP contribution in [0.2, 0.25) is 0 Å². The highest BCUT2D eigenvalue weighted by Gasteiger charge is 2.31. The van der Waals surface area contributed by atoms with Crippen LogP contribution in [-0.4, -0.2) is 36.7 Å². The first-order valence-electron chi connectivity index (χ1n) is 4.19. The molecular formula is C7H16NO2PS. The van der Waals surface area contributed by atoms with Crippen molar-refractivity contribution in [3.63, 3.8) is 0 Å². The maximum atomic E-state index is 11.6. The Balaban J connectivity index is 2.71. The van der Waals surface area contributed by atoms with Gasteiger partial charge in [0.25, 0.3) is 0 Å². The standard InChI is InChI=1S/C7H16NO2PS/c1-6(2)12(9,10)8-4-3-7(11)5-8/h6-7H,3-5,11H2,1-2H3. The molecule has 0 aromatic rings. The highest BCUT2D eigenvalue weighted by molar-refractivity contribution is 7.89. The Labute approximate surface area is 76.8 Å². The highest BCUT2D eigenvalue weighted by atomic mass is 32.2. The van der Waals surface area contributed by atoms with E-state index in [1.54, 1.807) is 18.2 Å². The summed E-state index contributed by atoms with van der Waals surface area (Å²) in [7, 11) is -0.309. The molecule has 0 spiro atoms. The minimum absolute atomic E-state index is 0.284. The maximum absolute atomic E-state index is 11.6. The third kappa shape index (κ3) is 1.98. The lowest BCUT2D eigenvalue weighted by molar-refractivity contribution is 0.470. The molecule has 0 bridgehead atoms. The molecule has 1 fully saturated rings. The average molecular weight is 209 g/mol. The quantitative estimate of drug-likeness (QED) is 0.627. The third-order valence-electron chi connectivity index (χ3n) is 2.14. The van der Waals surface area contributed by atoms with Crippen molar-refractivity contribution in [3.8, 4) is 0 Å². The molecule has 1 heterocycles. The topological polar surface area (TPSA) is 37.4 Å². The fourth-order valence-corrected chi connectivity index (χ4v) is 3.19. The van der Waals surface area contributed by atoms with Crippen molar-refractivity contribution >= 4 is 19.3 Å². The van der Waals surface area contributed by atoms with Crippen LogP contribution >= 0.6 is 9.24 Å². The van der Waals surface area contributed by atoms with Gasteiger partial charge in [-0.25, -0.2) is 12.7 Å². The molecule has 2 atom stereocenters. The molecule has 0 N–H and O–H groups in total. The summed E-state index contributed by atoms with van der Waals surface area (Å²) in [6.45, 7) is 4.82. The molecular weight excluding hydrogens is 193 g/mol. The summed E-state index contributed by atoms with van der Waals surface area (Å²) >= 11 is 0. The van der Waals surface area contributed by atoms with Gasteiger partial charge in [-0.05, 0) is 25.9 Å². The summed E-state index contributed by atoms with van der Waals surface area (Å²) in [6.07, 6.45) is 0.969. The molecule has 0 aromatic heterocycles. The van der Waals surface area contributed by atoms with E-state index in [1.165, 1.54) is 0 Å². The summed E-state index contributed by atoms with van der Waals surface area (Å²) in [5, 5.41) is -0.284. The lowest BCUT2D eigenvalue weighted by Crippen LogP contribution is -2.34. The van der Waals surface area contributed by atoms with Gasteiger partial charge < -0.3 is 0 Å². The normalized spacial score (nSPS) is 26.8. The maximum Gasteiger partial charge on any atom is 0.216 e. The molecule has 1 aliphatic rings. The van der Waals surface area contributed by atoms with Gasteiger partial charge in [0.1, 0.15) is 0 Å². The first-order chi connectivity index (χ1) is 5.44. The third-order valence-corrected chi connectivity index (χ3v) is 4.93. The highest BCUT2D eigenvalue weighted by Crippen LogP contribution is 2.21. The molecule has 1 rings (SSSR count). The van der Waals surface area contributed by atoms with Gasteiger partial charge >= 0.3 is 0 Å². The van der Waals surface area contributed by atoms with Crippen LogP contribution in [-0.2, 0) is 10.0 Å². The summed E-state index contributed by atoms with van der Waals surface area (Å²) < 4.78 is 24.8. The van der Waals surface area contributed by atoms with Crippen LogP contribution in [0.4, 0.5) is 0 Å². The molecule has 0 aromatic carbocycles. The molecule has 0 radical (unpaired) electrons. The van der Waals surface area contributed by atoms with E-state index in [1.807, 2.05) is 0 Å². The van der Waals surface area contributed by atoms with Gasteiger partial charge in [-0.3, -0.25) is 0 Å². The van der Waals surface area contributed by atoms with E-state index in [2.05, 4.69) is 9.24 Å². The number of hydrogen-bond donors (Lipinski definition) is 0. The first kappa shape index (κ1) is 10.4. The molecule has 0 aliphatic carbocycles. The van der Waals surface area contributed by atoms with Gasteiger partial charge in [-0.15, -0.1) is 9.24 Å². The SMILES string of the molecule is CC(C)S(=O)(=O)N1CCC(P)C1. The Morgan fingerprint density at radius 2 is 2.08 bits per heavy atom. The van der Waals surface area contributed by atoms with Gasteiger partial charge in [0.2, 0.25) is 10.0 Å². The van der Waals surface area contributed by atoms with Crippen molar-refractivity contribution in [1.82, 2.24) is 4.31 Å². The molecule has 5 heteroatoms. The van der Waals surface area contributed by atoms with Gasteiger partial charge in [0.15, 0.2) is 0 Å². The van der Waals surface area contributed by atoms with Crippen molar-refractivity contribution < 1.29 is 8.42 Å². The fraction of sp³-hybridized carbons (Fsp3) is 1.00. The molecule has 1 aliphatic heterocycles. The zero-order valence-electron chi connectivity index (χ0n) is 7.53. The van der Waals surface area contributed by atoms with E-state index >= 15 is 0 Å². The monoisotopic (exact) mass is 209 g/mol. The van der Waals surface area contributed by atoms with Crippen molar-refractivity contribution in [3.05, 3.63) is 0 Å². The van der Waals surface area contributed by atoms with E-state index in [4.69, 9.17) is 0 Å². The second-order valence-electron chi connectivity index (χ2n) is 3.50. The van der Waals surface area contributed by atoms with Crippen molar-refractivity contribution in [2.24, 2.45) is 0 Å². The number of rotatable bonds is 2. The minimum Gasteiger partial charge on any atom is -0.212 e. The molecule has 0 saturated carbocycles. The summed E-state index contributed by atoms with van der Waals surface area (Å²) in [5.74, 6) is 0. The molecule has 0 amide bonds. The Hall–Kier alpha value is 0.340. The van der Waals surface area contributed by atoms with Crippen LogP contribution in [0.3, 0.4) is 0 Å².